The van der Waals surface area contributed by atoms with Crippen LogP contribution in [0.5, 0.6) is 5.75 Å². The van der Waals surface area contributed by atoms with Gasteiger partial charge in [-0.25, -0.2) is 0 Å². The van der Waals surface area contributed by atoms with Gasteiger partial charge in [-0.1, -0.05) is 12.2 Å². The second-order valence-electron chi connectivity index (χ2n) is 3.68. The molecule has 5 nitrogen and oxygen atoms in total. The first-order chi connectivity index (χ1) is 8.49. The van der Waals surface area contributed by atoms with Gasteiger partial charge < -0.3 is 20.1 Å². The number of esters is 1. The van der Waals surface area contributed by atoms with Gasteiger partial charge in [-0.3, -0.25) is 4.79 Å². The van der Waals surface area contributed by atoms with Crippen molar-refractivity contribution in [2.45, 2.75) is 0 Å². The summed E-state index contributed by atoms with van der Waals surface area (Å²) in [6.07, 6.45) is 0. The number of likely N-dealkylation sites (N-methyl/N-ethyl adjacent to an activating group) is 1. The molecular formula is C12H16N2O3S. The fraction of sp³-hybridized carbons (Fsp3) is 0.333. The van der Waals surface area contributed by atoms with Crippen molar-refractivity contribution >= 4 is 28.9 Å². The van der Waals surface area contributed by atoms with Gasteiger partial charge in [0.05, 0.1) is 19.9 Å². The summed E-state index contributed by atoms with van der Waals surface area (Å²) in [5.74, 6) is 0.330. The highest BCUT2D eigenvalue weighted by molar-refractivity contribution is 7.80. The van der Waals surface area contributed by atoms with Gasteiger partial charge in [-0.2, -0.15) is 0 Å². The van der Waals surface area contributed by atoms with E-state index in [0.717, 1.165) is 5.69 Å². The number of hydrogen-bond donors (Lipinski definition) is 1. The molecule has 18 heavy (non-hydrogen) atoms. The molecule has 0 heterocycles. The molecule has 0 unspecified atom stereocenters. The van der Waals surface area contributed by atoms with E-state index in [-0.39, 0.29) is 17.5 Å². The van der Waals surface area contributed by atoms with Crippen LogP contribution in [-0.2, 0) is 9.53 Å². The molecule has 1 rings (SSSR count). The first-order valence-corrected chi connectivity index (χ1v) is 5.66. The molecule has 6 heteroatoms. The molecule has 0 bridgehead atoms. The minimum Gasteiger partial charge on any atom is -0.497 e. The van der Waals surface area contributed by atoms with Crippen molar-refractivity contribution in [2.75, 3.05) is 32.7 Å². The van der Waals surface area contributed by atoms with Crippen LogP contribution < -0.4 is 15.4 Å². The second kappa shape index (κ2) is 6.20. The van der Waals surface area contributed by atoms with E-state index in [0.29, 0.717) is 11.3 Å². The van der Waals surface area contributed by atoms with Crippen LogP contribution in [0.3, 0.4) is 0 Å². The highest BCUT2D eigenvalue weighted by Gasteiger charge is 2.14. The van der Waals surface area contributed by atoms with Crippen molar-refractivity contribution in [1.29, 1.82) is 0 Å². The largest absolute Gasteiger partial charge is 0.497 e. The summed E-state index contributed by atoms with van der Waals surface area (Å²) in [5.41, 5.74) is 7.08. The molecule has 1 aromatic rings. The lowest BCUT2D eigenvalue weighted by molar-refractivity contribution is -0.138. The average molecular weight is 268 g/mol. The summed E-state index contributed by atoms with van der Waals surface area (Å²) in [4.78, 5) is 13.3. The molecule has 0 saturated carbocycles. The molecule has 98 valence electrons. The summed E-state index contributed by atoms with van der Waals surface area (Å²) in [5, 5.41) is 0. The first kappa shape index (κ1) is 14.2. The Kier molecular flexibility index (Phi) is 4.91. The van der Waals surface area contributed by atoms with Crippen molar-refractivity contribution in [3.63, 3.8) is 0 Å². The number of nitrogens with two attached hydrogens (primary N) is 1. The molecule has 0 amide bonds. The quantitative estimate of drug-likeness (QED) is 0.633. The maximum atomic E-state index is 11.3. The van der Waals surface area contributed by atoms with E-state index in [2.05, 4.69) is 4.74 Å². The Bertz CT molecular complexity index is 463. The van der Waals surface area contributed by atoms with Crippen LogP contribution in [0, 0.1) is 0 Å². The van der Waals surface area contributed by atoms with Crippen LogP contribution >= 0.6 is 12.2 Å². The number of carbonyl (C=O) groups is 1. The normalized spacial score (nSPS) is 9.72. The molecule has 0 aliphatic heterocycles. The van der Waals surface area contributed by atoms with Crippen LogP contribution in [0.4, 0.5) is 5.69 Å². The topological polar surface area (TPSA) is 64.8 Å². The minimum absolute atomic E-state index is 0.110. The summed E-state index contributed by atoms with van der Waals surface area (Å²) < 4.78 is 9.77. The number of thiocarbonyl (C=S) groups is 1. The maximum Gasteiger partial charge on any atom is 0.325 e. The van der Waals surface area contributed by atoms with Gasteiger partial charge >= 0.3 is 5.97 Å². The van der Waals surface area contributed by atoms with Crippen molar-refractivity contribution in [3.05, 3.63) is 23.8 Å². The van der Waals surface area contributed by atoms with E-state index in [1.165, 1.54) is 7.11 Å². The summed E-state index contributed by atoms with van der Waals surface area (Å²) in [6, 6.07) is 5.31. The van der Waals surface area contributed by atoms with Gasteiger partial charge in [-0.05, 0) is 12.1 Å². The number of nitrogens with zero attached hydrogens (tertiary/aromatic N) is 1. The molecular weight excluding hydrogens is 252 g/mol. The number of benzene rings is 1. The van der Waals surface area contributed by atoms with Crippen LogP contribution in [0.1, 0.15) is 5.56 Å². The minimum atomic E-state index is -0.339. The highest BCUT2D eigenvalue weighted by atomic mass is 32.1. The summed E-state index contributed by atoms with van der Waals surface area (Å²) in [7, 11) is 4.67. The van der Waals surface area contributed by atoms with E-state index in [9.17, 15) is 4.79 Å². The lowest BCUT2D eigenvalue weighted by Gasteiger charge is -2.21. The molecule has 2 N–H and O–H groups in total. The fourth-order valence-corrected chi connectivity index (χ4v) is 1.68. The first-order valence-electron chi connectivity index (χ1n) is 5.25. The Balaban J connectivity index is 3.10. The monoisotopic (exact) mass is 268 g/mol. The van der Waals surface area contributed by atoms with Crippen molar-refractivity contribution in [3.8, 4) is 5.75 Å². The van der Waals surface area contributed by atoms with Gasteiger partial charge in [0.1, 0.15) is 17.3 Å². The van der Waals surface area contributed by atoms with E-state index in [1.54, 1.807) is 37.3 Å². The SMILES string of the molecule is COC(=O)CN(C)c1cc(OC)ccc1C(N)=S. The Labute approximate surface area is 111 Å². The standard InChI is InChI=1S/C12H16N2O3S/c1-14(7-11(15)17-3)10-6-8(16-2)4-5-9(10)12(13)18/h4-6H,7H2,1-3H3,(H2,13,18). The maximum absolute atomic E-state index is 11.3. The number of hydrogen-bond acceptors (Lipinski definition) is 5. The predicted octanol–water partition coefficient (Wildman–Crippen LogP) is 0.939. The molecule has 1 aromatic carbocycles. The Morgan fingerprint density at radius 1 is 1.44 bits per heavy atom. The van der Waals surface area contributed by atoms with Crippen LogP contribution in [0.2, 0.25) is 0 Å². The average Bonchev–Trinajstić information content (AvgIpc) is 2.37. The number of methoxy groups -OCH3 is 2. The third-order valence-electron chi connectivity index (χ3n) is 2.48. The molecule has 0 radical (unpaired) electrons. The second-order valence-corrected chi connectivity index (χ2v) is 4.12. The molecule has 0 atom stereocenters. The third-order valence-corrected chi connectivity index (χ3v) is 2.70. The number of carbonyl (C=O) groups excluding carboxylic acids is 1. The molecule has 0 saturated heterocycles. The number of anilines is 1. The van der Waals surface area contributed by atoms with Gasteiger partial charge in [0, 0.05) is 18.7 Å². The zero-order chi connectivity index (χ0) is 13.7. The van der Waals surface area contributed by atoms with E-state index >= 15 is 0 Å². The van der Waals surface area contributed by atoms with E-state index < -0.39 is 0 Å². The Morgan fingerprint density at radius 2 is 2.11 bits per heavy atom. The fourth-order valence-electron chi connectivity index (χ4n) is 1.51. The van der Waals surface area contributed by atoms with Crippen molar-refractivity contribution in [2.24, 2.45) is 5.73 Å². The lowest BCUT2D eigenvalue weighted by Crippen LogP contribution is -2.28. The van der Waals surface area contributed by atoms with Crippen LogP contribution in [-0.4, -0.2) is 38.8 Å². The predicted molar refractivity (Wildman–Crippen MR) is 74.2 cm³/mol. The summed E-state index contributed by atoms with van der Waals surface area (Å²) >= 11 is 4.98. The molecule has 0 aliphatic rings. The smallest absolute Gasteiger partial charge is 0.325 e. The number of rotatable bonds is 5. The Hall–Kier alpha value is -1.82. The van der Waals surface area contributed by atoms with Gasteiger partial charge in [0.25, 0.3) is 0 Å². The molecule has 0 spiro atoms. The zero-order valence-electron chi connectivity index (χ0n) is 10.6. The van der Waals surface area contributed by atoms with E-state index in [1.807, 2.05) is 0 Å². The van der Waals surface area contributed by atoms with Crippen molar-refractivity contribution in [1.82, 2.24) is 0 Å². The van der Waals surface area contributed by atoms with E-state index in [4.69, 9.17) is 22.7 Å². The van der Waals surface area contributed by atoms with Crippen molar-refractivity contribution < 1.29 is 14.3 Å². The van der Waals surface area contributed by atoms with Crippen LogP contribution in [0.25, 0.3) is 0 Å². The van der Waals surface area contributed by atoms with Gasteiger partial charge in [-0.15, -0.1) is 0 Å². The third kappa shape index (κ3) is 3.33. The zero-order valence-corrected chi connectivity index (χ0v) is 11.4. The Morgan fingerprint density at radius 3 is 2.61 bits per heavy atom. The van der Waals surface area contributed by atoms with Crippen LogP contribution in [0.15, 0.2) is 18.2 Å². The molecule has 0 fully saturated rings. The molecule has 0 aromatic heterocycles. The van der Waals surface area contributed by atoms with Gasteiger partial charge in [0.15, 0.2) is 0 Å². The van der Waals surface area contributed by atoms with Gasteiger partial charge in [0.2, 0.25) is 0 Å². The summed E-state index contributed by atoms with van der Waals surface area (Å²) in [6.45, 7) is 0.110. The highest BCUT2D eigenvalue weighted by Crippen LogP contribution is 2.25. The molecule has 0 aliphatic carbocycles. The lowest BCUT2D eigenvalue weighted by atomic mass is 10.1. The number of ether oxygens (including phenoxy) is 2.